The molecule has 1 aliphatic carbocycles. The monoisotopic (exact) mass is 330 g/mol. The van der Waals surface area contributed by atoms with Crippen LogP contribution in [-0.2, 0) is 0 Å². The summed E-state index contributed by atoms with van der Waals surface area (Å²) >= 11 is 0. The quantitative estimate of drug-likeness (QED) is 0.568. The van der Waals surface area contributed by atoms with Crippen LogP contribution in [0.1, 0.15) is 59.6 Å². The second-order valence-electron chi connectivity index (χ2n) is 7.98. The highest BCUT2D eigenvalue weighted by molar-refractivity contribution is 5.54. The van der Waals surface area contributed by atoms with Crippen LogP contribution in [0.5, 0.6) is 0 Å². The molecule has 0 N–H and O–H groups in total. The van der Waals surface area contributed by atoms with E-state index < -0.39 is 0 Å². The van der Waals surface area contributed by atoms with Crippen LogP contribution < -0.4 is 0 Å². The van der Waals surface area contributed by atoms with Crippen LogP contribution in [0.3, 0.4) is 0 Å². The van der Waals surface area contributed by atoms with Crippen LogP contribution in [0.15, 0.2) is 59.7 Å². The minimum atomic E-state index is 0.327. The zero-order valence-electron chi connectivity index (χ0n) is 16.5. The highest BCUT2D eigenvalue weighted by atomic mass is 14.3. The van der Waals surface area contributed by atoms with Crippen molar-refractivity contribution in [1.29, 1.82) is 0 Å². The molecular formula is C25H30. The molecule has 0 nitrogen and oxygen atoms in total. The van der Waals surface area contributed by atoms with E-state index in [9.17, 15) is 0 Å². The molecule has 0 radical (unpaired) electrons. The summed E-state index contributed by atoms with van der Waals surface area (Å²) in [6.45, 7) is 13.4. The molecule has 3 rings (SSSR count). The predicted octanol–water partition coefficient (Wildman–Crippen LogP) is 6.96. The molecule has 0 heterocycles. The lowest BCUT2D eigenvalue weighted by Gasteiger charge is -2.25. The average Bonchev–Trinajstić information content (AvgIpc) is 2.94. The van der Waals surface area contributed by atoms with Crippen molar-refractivity contribution in [1.82, 2.24) is 0 Å². The number of rotatable bonds is 4. The lowest BCUT2D eigenvalue weighted by molar-refractivity contribution is 0.758. The lowest BCUT2D eigenvalue weighted by Crippen LogP contribution is -2.10. The molecule has 2 aromatic rings. The van der Waals surface area contributed by atoms with Crippen molar-refractivity contribution in [2.45, 2.75) is 53.9 Å². The maximum atomic E-state index is 2.44. The zero-order chi connectivity index (χ0) is 18.1. The first-order chi connectivity index (χ1) is 11.8. The molecule has 0 saturated heterocycles. The Morgan fingerprint density at radius 2 is 1.00 bits per heavy atom. The Labute approximate surface area is 153 Å². The summed E-state index contributed by atoms with van der Waals surface area (Å²) in [7, 11) is 0. The van der Waals surface area contributed by atoms with Gasteiger partial charge < -0.3 is 0 Å². The van der Waals surface area contributed by atoms with Crippen molar-refractivity contribution in [3.8, 4) is 0 Å². The van der Waals surface area contributed by atoms with E-state index in [1.54, 1.807) is 0 Å². The highest BCUT2D eigenvalue weighted by Crippen LogP contribution is 2.42. The van der Waals surface area contributed by atoms with Gasteiger partial charge in [-0.05, 0) is 62.3 Å². The number of hydrogen-bond donors (Lipinski definition) is 0. The van der Waals surface area contributed by atoms with Gasteiger partial charge in [-0.2, -0.15) is 0 Å². The summed E-state index contributed by atoms with van der Waals surface area (Å²) in [6.07, 6.45) is 5.92. The molecule has 0 fully saturated rings. The molecule has 25 heavy (non-hydrogen) atoms. The Morgan fingerprint density at radius 3 is 1.40 bits per heavy atom. The van der Waals surface area contributed by atoms with E-state index in [1.165, 1.54) is 44.5 Å². The van der Waals surface area contributed by atoms with Crippen LogP contribution in [0.2, 0.25) is 0 Å². The third-order valence-electron chi connectivity index (χ3n) is 5.10. The van der Waals surface area contributed by atoms with E-state index in [1.807, 2.05) is 0 Å². The molecule has 0 unspecified atom stereocenters. The fourth-order valence-electron chi connectivity index (χ4n) is 4.31. The van der Waals surface area contributed by atoms with Gasteiger partial charge in [0.15, 0.2) is 0 Å². The van der Waals surface area contributed by atoms with E-state index in [0.29, 0.717) is 11.8 Å². The van der Waals surface area contributed by atoms with Gasteiger partial charge in [0.1, 0.15) is 0 Å². The summed E-state index contributed by atoms with van der Waals surface area (Å²) in [5.41, 5.74) is 11.2. The Hall–Kier alpha value is -2.08. The SMILES string of the molecule is Cc1cc(C)cc(C(C2=CCC=C2C(C)C)c2cc(C)cc(C)c2)c1. The van der Waals surface area contributed by atoms with Gasteiger partial charge in [-0.3, -0.25) is 0 Å². The first-order valence-electron chi connectivity index (χ1n) is 9.42. The molecule has 2 aromatic carbocycles. The van der Waals surface area contributed by atoms with Gasteiger partial charge in [0, 0.05) is 5.92 Å². The van der Waals surface area contributed by atoms with E-state index in [-0.39, 0.29) is 0 Å². The van der Waals surface area contributed by atoms with Gasteiger partial charge in [0.25, 0.3) is 0 Å². The topological polar surface area (TPSA) is 0 Å². The molecule has 130 valence electrons. The summed E-state index contributed by atoms with van der Waals surface area (Å²) in [4.78, 5) is 0. The number of allylic oxidation sites excluding steroid dienone is 4. The first-order valence-corrected chi connectivity index (χ1v) is 9.42. The van der Waals surface area contributed by atoms with Gasteiger partial charge in [-0.15, -0.1) is 0 Å². The van der Waals surface area contributed by atoms with E-state index in [4.69, 9.17) is 0 Å². The largest absolute Gasteiger partial charge is 0.0769 e. The molecule has 0 aliphatic heterocycles. The molecule has 0 heteroatoms. The molecule has 0 bridgehead atoms. The van der Waals surface area contributed by atoms with Gasteiger partial charge in [-0.1, -0.05) is 84.7 Å². The normalized spacial score (nSPS) is 14.2. The highest BCUT2D eigenvalue weighted by Gasteiger charge is 2.26. The smallest absolute Gasteiger partial charge is 0.0340 e. The van der Waals surface area contributed by atoms with Crippen LogP contribution in [0, 0.1) is 33.6 Å². The predicted molar refractivity (Wildman–Crippen MR) is 109 cm³/mol. The summed E-state index contributed by atoms with van der Waals surface area (Å²) in [5, 5.41) is 0. The fraction of sp³-hybridized carbons (Fsp3) is 0.360. The number of hydrogen-bond acceptors (Lipinski definition) is 0. The Kier molecular flexibility index (Phi) is 4.99. The van der Waals surface area contributed by atoms with Crippen LogP contribution in [0.4, 0.5) is 0 Å². The molecular weight excluding hydrogens is 300 g/mol. The summed E-state index contributed by atoms with van der Waals surface area (Å²) < 4.78 is 0. The third kappa shape index (κ3) is 3.79. The molecule has 0 spiro atoms. The van der Waals surface area contributed by atoms with Gasteiger partial charge in [0.2, 0.25) is 0 Å². The van der Waals surface area contributed by atoms with E-state index >= 15 is 0 Å². The lowest BCUT2D eigenvalue weighted by atomic mass is 9.78. The van der Waals surface area contributed by atoms with Crippen molar-refractivity contribution in [3.63, 3.8) is 0 Å². The number of aryl methyl sites for hydroxylation is 4. The molecule has 0 aromatic heterocycles. The third-order valence-corrected chi connectivity index (χ3v) is 5.10. The van der Waals surface area contributed by atoms with Crippen molar-refractivity contribution in [3.05, 3.63) is 93.1 Å². The summed E-state index contributed by atoms with van der Waals surface area (Å²) in [5.74, 6) is 0.890. The van der Waals surface area contributed by atoms with Crippen LogP contribution in [0.25, 0.3) is 0 Å². The average molecular weight is 331 g/mol. The van der Waals surface area contributed by atoms with Gasteiger partial charge in [-0.25, -0.2) is 0 Å². The summed E-state index contributed by atoms with van der Waals surface area (Å²) in [6, 6.07) is 14.0. The Bertz CT molecular complexity index is 754. The second-order valence-corrected chi connectivity index (χ2v) is 7.98. The molecule has 0 atom stereocenters. The molecule has 0 saturated carbocycles. The van der Waals surface area contributed by atoms with Crippen molar-refractivity contribution < 1.29 is 0 Å². The fourth-order valence-corrected chi connectivity index (χ4v) is 4.31. The first kappa shape index (κ1) is 17.7. The Morgan fingerprint density at radius 1 is 0.600 bits per heavy atom. The minimum absolute atomic E-state index is 0.327. The Balaban J connectivity index is 2.20. The molecule has 0 amide bonds. The van der Waals surface area contributed by atoms with Crippen molar-refractivity contribution in [2.75, 3.05) is 0 Å². The van der Waals surface area contributed by atoms with Gasteiger partial charge in [0.05, 0.1) is 0 Å². The molecule has 1 aliphatic rings. The van der Waals surface area contributed by atoms with E-state index in [0.717, 1.165) is 6.42 Å². The van der Waals surface area contributed by atoms with Crippen LogP contribution >= 0.6 is 0 Å². The maximum Gasteiger partial charge on any atom is 0.0340 e. The zero-order valence-corrected chi connectivity index (χ0v) is 16.5. The van der Waals surface area contributed by atoms with Gasteiger partial charge >= 0.3 is 0 Å². The van der Waals surface area contributed by atoms with Crippen LogP contribution in [-0.4, -0.2) is 0 Å². The maximum absolute atomic E-state index is 2.44. The standard InChI is InChI=1S/C25H30/c1-16(2)23-8-7-9-24(23)25(21-12-17(3)10-18(4)13-21)22-14-19(5)11-20(6)15-22/h8-16,25H,7H2,1-6H3. The minimum Gasteiger partial charge on any atom is -0.0769 e. The van der Waals surface area contributed by atoms with E-state index in [2.05, 4.69) is 90.1 Å². The van der Waals surface area contributed by atoms with Crippen molar-refractivity contribution in [2.24, 2.45) is 5.92 Å². The number of benzene rings is 2. The second kappa shape index (κ2) is 7.04. The van der Waals surface area contributed by atoms with Crippen molar-refractivity contribution >= 4 is 0 Å².